The van der Waals surface area contributed by atoms with Crippen LogP contribution in [0.2, 0.25) is 0 Å². The number of rotatable bonds is 8. The van der Waals surface area contributed by atoms with Crippen molar-refractivity contribution in [2.24, 2.45) is 5.92 Å². The number of carbonyl (C=O) groups is 2. The molecule has 2 aromatic rings. The zero-order valence-electron chi connectivity index (χ0n) is 17.4. The van der Waals surface area contributed by atoms with Crippen LogP contribution in [-0.4, -0.2) is 53.5 Å². The second-order valence-corrected chi connectivity index (χ2v) is 7.47. The van der Waals surface area contributed by atoms with Crippen LogP contribution in [-0.2, 0) is 14.3 Å². The van der Waals surface area contributed by atoms with Crippen LogP contribution in [0.3, 0.4) is 0 Å². The molecule has 7 nitrogen and oxygen atoms in total. The number of aliphatic hydroxyl groups excluding tert-OH is 1. The van der Waals surface area contributed by atoms with E-state index in [1.54, 1.807) is 48.7 Å². The SMILES string of the molecule is COCCN1C(=O)C(=O)/C(=C(\O)c2ccc(OCC(C)C)cc2)C1c1ccccn1. The van der Waals surface area contributed by atoms with Crippen LogP contribution in [0.5, 0.6) is 5.75 Å². The van der Waals surface area contributed by atoms with Crippen molar-refractivity contribution in [3.8, 4) is 5.75 Å². The summed E-state index contributed by atoms with van der Waals surface area (Å²) < 4.78 is 10.8. The minimum atomic E-state index is -0.779. The summed E-state index contributed by atoms with van der Waals surface area (Å²) in [5.41, 5.74) is 0.953. The summed E-state index contributed by atoms with van der Waals surface area (Å²) >= 11 is 0. The monoisotopic (exact) mass is 410 g/mol. The fourth-order valence-electron chi connectivity index (χ4n) is 3.27. The first-order chi connectivity index (χ1) is 14.4. The van der Waals surface area contributed by atoms with Crippen molar-refractivity contribution < 1.29 is 24.2 Å². The van der Waals surface area contributed by atoms with Gasteiger partial charge in [0.1, 0.15) is 17.6 Å². The maximum absolute atomic E-state index is 12.8. The highest BCUT2D eigenvalue weighted by Gasteiger charge is 2.46. The lowest BCUT2D eigenvalue weighted by atomic mass is 9.98. The van der Waals surface area contributed by atoms with Crippen LogP contribution < -0.4 is 4.74 Å². The molecule has 158 valence electrons. The largest absolute Gasteiger partial charge is 0.507 e. The highest BCUT2D eigenvalue weighted by Crippen LogP contribution is 2.38. The van der Waals surface area contributed by atoms with E-state index in [4.69, 9.17) is 9.47 Å². The maximum atomic E-state index is 12.8. The molecule has 1 amide bonds. The van der Waals surface area contributed by atoms with E-state index < -0.39 is 17.7 Å². The summed E-state index contributed by atoms with van der Waals surface area (Å²) in [6.45, 7) is 5.16. The van der Waals surface area contributed by atoms with Crippen molar-refractivity contribution in [2.45, 2.75) is 19.9 Å². The molecular formula is C23H26N2O5. The number of hydrogen-bond acceptors (Lipinski definition) is 6. The number of aromatic nitrogens is 1. The van der Waals surface area contributed by atoms with Gasteiger partial charge in [0.15, 0.2) is 0 Å². The molecule has 1 saturated heterocycles. The number of nitrogens with zero attached hydrogens (tertiary/aromatic N) is 2. The van der Waals surface area contributed by atoms with Crippen LogP contribution in [0.4, 0.5) is 0 Å². The second-order valence-electron chi connectivity index (χ2n) is 7.47. The molecule has 1 atom stereocenters. The Bertz CT molecular complexity index is 922. The molecule has 0 aliphatic carbocycles. The molecule has 30 heavy (non-hydrogen) atoms. The number of benzene rings is 1. The first-order valence-electron chi connectivity index (χ1n) is 9.85. The van der Waals surface area contributed by atoms with Gasteiger partial charge in [-0.25, -0.2) is 0 Å². The number of pyridine rings is 1. The van der Waals surface area contributed by atoms with Gasteiger partial charge >= 0.3 is 0 Å². The van der Waals surface area contributed by atoms with Crippen LogP contribution in [0.15, 0.2) is 54.2 Å². The Morgan fingerprint density at radius 3 is 2.50 bits per heavy atom. The summed E-state index contributed by atoms with van der Waals surface area (Å²) in [5.74, 6) is -0.596. The van der Waals surface area contributed by atoms with Crippen molar-refractivity contribution in [1.29, 1.82) is 0 Å². The molecule has 1 fully saturated rings. The third-order valence-corrected chi connectivity index (χ3v) is 4.76. The maximum Gasteiger partial charge on any atom is 0.295 e. The van der Waals surface area contributed by atoms with E-state index in [1.807, 2.05) is 0 Å². The summed E-state index contributed by atoms with van der Waals surface area (Å²) in [7, 11) is 1.52. The van der Waals surface area contributed by atoms with E-state index in [-0.39, 0.29) is 24.5 Å². The van der Waals surface area contributed by atoms with E-state index in [9.17, 15) is 14.7 Å². The highest BCUT2D eigenvalue weighted by molar-refractivity contribution is 6.46. The lowest BCUT2D eigenvalue weighted by Crippen LogP contribution is -2.33. The van der Waals surface area contributed by atoms with E-state index in [1.165, 1.54) is 12.0 Å². The average molecular weight is 410 g/mol. The third kappa shape index (κ3) is 4.52. The number of amides is 1. The number of aliphatic hydroxyl groups is 1. The summed E-state index contributed by atoms with van der Waals surface area (Å²) in [5, 5.41) is 11.0. The van der Waals surface area contributed by atoms with Crippen LogP contribution >= 0.6 is 0 Å². The number of methoxy groups -OCH3 is 1. The average Bonchev–Trinajstić information content (AvgIpc) is 3.01. The van der Waals surface area contributed by atoms with Gasteiger partial charge < -0.3 is 19.5 Å². The minimum absolute atomic E-state index is 0.0191. The standard InChI is InChI=1S/C23H26N2O5/c1-15(2)14-30-17-9-7-16(8-10-17)21(26)19-20(18-6-4-5-11-24-18)25(12-13-29-3)23(28)22(19)27/h4-11,15,20,26H,12-14H2,1-3H3/b21-19-. The summed E-state index contributed by atoms with van der Waals surface area (Å²) in [4.78, 5) is 31.2. The fourth-order valence-corrected chi connectivity index (χ4v) is 3.27. The Hall–Kier alpha value is -3.19. The smallest absolute Gasteiger partial charge is 0.295 e. The van der Waals surface area contributed by atoms with E-state index in [2.05, 4.69) is 18.8 Å². The summed E-state index contributed by atoms with van der Waals surface area (Å²) in [6, 6.07) is 11.3. The molecule has 1 aliphatic rings. The number of hydrogen-bond donors (Lipinski definition) is 1. The van der Waals surface area contributed by atoms with Gasteiger partial charge in [0.05, 0.1) is 24.5 Å². The van der Waals surface area contributed by atoms with Crippen molar-refractivity contribution in [3.05, 3.63) is 65.5 Å². The fraction of sp³-hybridized carbons (Fsp3) is 0.348. The van der Waals surface area contributed by atoms with Crippen molar-refractivity contribution in [1.82, 2.24) is 9.88 Å². The number of likely N-dealkylation sites (tertiary alicyclic amines) is 1. The molecule has 1 unspecified atom stereocenters. The molecule has 3 rings (SSSR count). The highest BCUT2D eigenvalue weighted by atomic mass is 16.5. The molecule has 0 saturated carbocycles. The van der Waals surface area contributed by atoms with Gasteiger partial charge in [-0.3, -0.25) is 14.6 Å². The van der Waals surface area contributed by atoms with Gasteiger partial charge in [0, 0.05) is 25.4 Å². The zero-order chi connectivity index (χ0) is 21.7. The topological polar surface area (TPSA) is 89.0 Å². The molecule has 1 N–H and O–H groups in total. The molecular weight excluding hydrogens is 384 g/mol. The first kappa shape index (κ1) is 21.5. The van der Waals surface area contributed by atoms with Gasteiger partial charge in [0.2, 0.25) is 0 Å². The molecule has 2 heterocycles. The van der Waals surface area contributed by atoms with Gasteiger partial charge in [-0.05, 0) is 42.3 Å². The zero-order valence-corrected chi connectivity index (χ0v) is 17.4. The van der Waals surface area contributed by atoms with Crippen LogP contribution in [0.1, 0.15) is 31.1 Å². The van der Waals surface area contributed by atoms with Gasteiger partial charge in [-0.1, -0.05) is 19.9 Å². The molecule has 0 radical (unpaired) electrons. The third-order valence-electron chi connectivity index (χ3n) is 4.76. The van der Waals surface area contributed by atoms with Crippen molar-refractivity contribution in [3.63, 3.8) is 0 Å². The Morgan fingerprint density at radius 1 is 1.17 bits per heavy atom. The first-order valence-corrected chi connectivity index (χ1v) is 9.85. The molecule has 0 spiro atoms. The Balaban J connectivity index is 2.00. The normalized spacial score (nSPS) is 18.3. The van der Waals surface area contributed by atoms with E-state index >= 15 is 0 Å². The number of Topliss-reactive ketones (excluding diaryl/α,β-unsaturated/α-hetero) is 1. The predicted octanol–water partition coefficient (Wildman–Crippen LogP) is 3.18. The van der Waals surface area contributed by atoms with Crippen molar-refractivity contribution in [2.75, 3.05) is 26.9 Å². The molecule has 1 aromatic heterocycles. The van der Waals surface area contributed by atoms with Gasteiger partial charge in [0.25, 0.3) is 11.7 Å². The lowest BCUT2D eigenvalue weighted by Gasteiger charge is -2.24. The number of ether oxygens (including phenoxy) is 2. The van der Waals surface area contributed by atoms with Crippen LogP contribution in [0, 0.1) is 5.92 Å². The van der Waals surface area contributed by atoms with Crippen molar-refractivity contribution >= 4 is 17.4 Å². The minimum Gasteiger partial charge on any atom is -0.507 e. The van der Waals surface area contributed by atoms with E-state index in [0.717, 1.165) is 0 Å². The lowest BCUT2D eigenvalue weighted by molar-refractivity contribution is -0.140. The molecule has 0 bridgehead atoms. The van der Waals surface area contributed by atoms with E-state index in [0.29, 0.717) is 29.5 Å². The Labute approximate surface area is 175 Å². The summed E-state index contributed by atoms with van der Waals surface area (Å²) in [6.07, 6.45) is 1.59. The molecule has 1 aromatic carbocycles. The molecule has 7 heteroatoms. The number of carbonyl (C=O) groups excluding carboxylic acids is 2. The second kappa shape index (κ2) is 9.54. The molecule has 1 aliphatic heterocycles. The Kier molecular flexibility index (Phi) is 6.84. The number of ketones is 1. The quantitative estimate of drug-likeness (QED) is 0.408. The van der Waals surface area contributed by atoms with Crippen LogP contribution in [0.25, 0.3) is 5.76 Å². The predicted molar refractivity (Wildman–Crippen MR) is 112 cm³/mol. The van der Waals surface area contributed by atoms with Gasteiger partial charge in [-0.2, -0.15) is 0 Å². The van der Waals surface area contributed by atoms with Gasteiger partial charge in [-0.15, -0.1) is 0 Å². The Morgan fingerprint density at radius 2 is 1.90 bits per heavy atom.